The van der Waals surface area contributed by atoms with Crippen molar-refractivity contribution in [3.8, 4) is 0 Å². The molecule has 0 aliphatic heterocycles. The molecule has 34 heavy (non-hydrogen) atoms. The Bertz CT molecular complexity index is 983. The molecule has 2 N–H and O–H groups in total. The zero-order valence-electron chi connectivity index (χ0n) is 19.8. The first kappa shape index (κ1) is 27.1. The predicted octanol–water partition coefficient (Wildman–Crippen LogP) is 5.31. The van der Waals surface area contributed by atoms with Crippen LogP contribution in [0.3, 0.4) is 0 Å². The van der Waals surface area contributed by atoms with E-state index in [-0.39, 0.29) is 11.1 Å². The molecule has 0 aliphatic rings. The van der Waals surface area contributed by atoms with Crippen molar-refractivity contribution in [3.63, 3.8) is 0 Å². The van der Waals surface area contributed by atoms with Gasteiger partial charge in [0.2, 0.25) is 0 Å². The van der Waals surface area contributed by atoms with E-state index in [4.69, 9.17) is 10.2 Å². The maximum atomic E-state index is 12.2. The lowest BCUT2D eigenvalue weighted by Gasteiger charge is -2.35. The van der Waals surface area contributed by atoms with Gasteiger partial charge < -0.3 is 19.2 Å². The number of benzene rings is 3. The molecule has 0 amide bonds. The second-order valence-electron chi connectivity index (χ2n) is 7.86. The lowest BCUT2D eigenvalue weighted by atomic mass is 10.2. The molecule has 3 rings (SSSR count). The van der Waals surface area contributed by atoms with Crippen LogP contribution >= 0.6 is 0 Å². The summed E-state index contributed by atoms with van der Waals surface area (Å²) in [5.74, 6) is -2.10. The van der Waals surface area contributed by atoms with Crippen LogP contribution in [-0.4, -0.2) is 50.8 Å². The molecule has 0 bridgehead atoms. The van der Waals surface area contributed by atoms with Gasteiger partial charge in [-0.25, -0.2) is 9.59 Å². The summed E-state index contributed by atoms with van der Waals surface area (Å²) < 4.78 is 13.4. The highest BCUT2D eigenvalue weighted by atomic mass is 32.2. The maximum absolute atomic E-state index is 12.2. The van der Waals surface area contributed by atoms with E-state index in [2.05, 4.69) is 51.1 Å². The minimum atomic E-state index is -1.48. The number of aromatic carboxylic acids is 2. The monoisotopic (exact) mass is 482 g/mol. The van der Waals surface area contributed by atoms with E-state index in [0.29, 0.717) is 9.79 Å². The van der Waals surface area contributed by atoms with Crippen LogP contribution in [0.15, 0.2) is 88.7 Å². The van der Waals surface area contributed by atoms with E-state index in [9.17, 15) is 14.1 Å². The molecule has 3 aromatic rings. The Balaban J connectivity index is 0.000000257. The van der Waals surface area contributed by atoms with Crippen molar-refractivity contribution in [1.82, 2.24) is 0 Å². The Morgan fingerprint density at radius 1 is 0.706 bits per heavy atom. The molecule has 7 heteroatoms. The third-order valence-electron chi connectivity index (χ3n) is 6.00. The molecule has 0 unspecified atom stereocenters. The summed E-state index contributed by atoms with van der Waals surface area (Å²) in [6.45, 7) is 11.7. The number of rotatable bonds is 9. The first-order chi connectivity index (χ1) is 16.2. The number of carbonyl (C=O) groups is 2. The zero-order chi connectivity index (χ0) is 25.1. The minimum Gasteiger partial charge on any atom is -0.606 e. The molecular formula is C27H32NO5S+. The lowest BCUT2D eigenvalue weighted by Crippen LogP contribution is -2.46. The number of hydrogen-bond donors (Lipinski definition) is 2. The van der Waals surface area contributed by atoms with Crippen LogP contribution < -0.4 is 0 Å². The molecule has 0 aromatic heterocycles. The molecule has 0 fully saturated rings. The van der Waals surface area contributed by atoms with Gasteiger partial charge in [0.1, 0.15) is 6.54 Å². The molecule has 0 radical (unpaired) electrons. The van der Waals surface area contributed by atoms with E-state index in [1.807, 2.05) is 0 Å². The summed E-state index contributed by atoms with van der Waals surface area (Å²) >= 11 is -1.48. The maximum Gasteiger partial charge on any atom is 0.335 e. The van der Waals surface area contributed by atoms with Crippen molar-refractivity contribution in [2.24, 2.45) is 0 Å². The van der Waals surface area contributed by atoms with Gasteiger partial charge in [-0.15, -0.1) is 0 Å². The van der Waals surface area contributed by atoms with Crippen molar-refractivity contribution in [2.45, 2.75) is 37.1 Å². The van der Waals surface area contributed by atoms with Crippen LogP contribution in [0, 0.1) is 0 Å². The summed E-state index contributed by atoms with van der Waals surface area (Å²) in [5, 5.41) is 17.6. The minimum absolute atomic E-state index is 0.118. The summed E-state index contributed by atoms with van der Waals surface area (Å²) in [6, 6.07) is 22.2. The Hall–Kier alpha value is -3.13. The number of carboxylic acid groups (broad SMARTS) is 2. The van der Waals surface area contributed by atoms with Gasteiger partial charge in [-0.3, -0.25) is 0 Å². The van der Waals surface area contributed by atoms with Crippen LogP contribution in [0.5, 0.6) is 0 Å². The summed E-state index contributed by atoms with van der Waals surface area (Å²) in [6.07, 6.45) is 0. The van der Waals surface area contributed by atoms with Crippen LogP contribution in [0.25, 0.3) is 0 Å². The Morgan fingerprint density at radius 2 is 1.09 bits per heavy atom. The normalized spacial score (nSPS) is 11.0. The van der Waals surface area contributed by atoms with Crippen molar-refractivity contribution >= 4 is 23.1 Å². The predicted molar refractivity (Wildman–Crippen MR) is 134 cm³/mol. The SMILES string of the molecule is CC[N+](CC)(CC)Cc1ccccc1.O=C(O)c1ccc([S+]([O-])c2ccc(C(=O)O)cc2)cc1. The van der Waals surface area contributed by atoms with Gasteiger partial charge in [0, 0.05) is 16.7 Å². The van der Waals surface area contributed by atoms with E-state index < -0.39 is 23.1 Å². The fraction of sp³-hybridized carbons (Fsp3) is 0.259. The highest BCUT2D eigenvalue weighted by Gasteiger charge is 2.20. The summed E-state index contributed by atoms with van der Waals surface area (Å²) in [5.41, 5.74) is 1.69. The molecule has 3 aromatic carbocycles. The summed E-state index contributed by atoms with van der Waals surface area (Å²) in [7, 11) is 0. The molecule has 0 saturated carbocycles. The average molecular weight is 483 g/mol. The van der Waals surface area contributed by atoms with E-state index >= 15 is 0 Å². The van der Waals surface area contributed by atoms with E-state index in [1.54, 1.807) is 0 Å². The van der Waals surface area contributed by atoms with Gasteiger partial charge in [-0.05, 0) is 69.3 Å². The lowest BCUT2D eigenvalue weighted by molar-refractivity contribution is -0.936. The van der Waals surface area contributed by atoms with E-state index in [1.165, 1.54) is 84.8 Å². The van der Waals surface area contributed by atoms with Crippen molar-refractivity contribution in [2.75, 3.05) is 19.6 Å². The van der Waals surface area contributed by atoms with Gasteiger partial charge in [-0.1, -0.05) is 30.3 Å². The molecule has 0 saturated heterocycles. The Kier molecular flexibility index (Phi) is 10.3. The van der Waals surface area contributed by atoms with Gasteiger partial charge >= 0.3 is 11.9 Å². The second-order valence-corrected chi connectivity index (χ2v) is 9.34. The van der Waals surface area contributed by atoms with Crippen molar-refractivity contribution in [1.29, 1.82) is 0 Å². The Morgan fingerprint density at radius 3 is 1.41 bits per heavy atom. The van der Waals surface area contributed by atoms with Crippen LogP contribution in [0.2, 0.25) is 0 Å². The quantitative estimate of drug-likeness (QED) is 0.318. The van der Waals surface area contributed by atoms with Gasteiger partial charge in [0.15, 0.2) is 9.79 Å². The van der Waals surface area contributed by atoms with Crippen LogP contribution in [-0.2, 0) is 17.7 Å². The third-order valence-corrected chi connectivity index (χ3v) is 7.40. The number of quaternary nitrogens is 1. The van der Waals surface area contributed by atoms with Crippen molar-refractivity contribution < 1.29 is 28.8 Å². The largest absolute Gasteiger partial charge is 0.606 e. The topological polar surface area (TPSA) is 97.7 Å². The fourth-order valence-corrected chi connectivity index (χ4v) is 4.59. The van der Waals surface area contributed by atoms with Gasteiger partial charge in [0.25, 0.3) is 0 Å². The molecule has 0 heterocycles. The van der Waals surface area contributed by atoms with Gasteiger partial charge in [-0.2, -0.15) is 0 Å². The second kappa shape index (κ2) is 12.9. The molecule has 0 atom stereocenters. The average Bonchev–Trinajstić information content (AvgIpc) is 2.88. The van der Waals surface area contributed by atoms with Gasteiger partial charge in [0.05, 0.1) is 30.8 Å². The molecule has 180 valence electrons. The molecular weight excluding hydrogens is 450 g/mol. The van der Waals surface area contributed by atoms with E-state index in [0.717, 1.165) is 0 Å². The fourth-order valence-electron chi connectivity index (χ4n) is 3.56. The van der Waals surface area contributed by atoms with Crippen LogP contribution in [0.4, 0.5) is 0 Å². The smallest absolute Gasteiger partial charge is 0.335 e. The third kappa shape index (κ3) is 7.45. The number of carboxylic acids is 2. The first-order valence-electron chi connectivity index (χ1n) is 11.2. The van der Waals surface area contributed by atoms with Crippen molar-refractivity contribution in [3.05, 3.63) is 95.6 Å². The highest BCUT2D eigenvalue weighted by molar-refractivity contribution is 7.91. The number of hydrogen-bond acceptors (Lipinski definition) is 3. The highest BCUT2D eigenvalue weighted by Crippen LogP contribution is 2.21. The first-order valence-corrected chi connectivity index (χ1v) is 12.4. The Labute approximate surface area is 204 Å². The standard InChI is InChI=1S/C14H10O5S.C13H22N/c15-13(16)9-1-5-11(6-2-9)20(19)12-7-3-10(4-8-12)14(17)18;1-4-14(5-2,6-3)12-13-10-8-7-9-11-13/h1-8H,(H,15,16)(H,17,18);7-11H,4-6,12H2,1-3H3/q;+1. The molecule has 0 spiro atoms. The number of nitrogens with zero attached hydrogens (tertiary/aromatic N) is 1. The summed E-state index contributed by atoms with van der Waals surface area (Å²) in [4.78, 5) is 22.4. The van der Waals surface area contributed by atoms with Crippen LogP contribution in [0.1, 0.15) is 47.1 Å². The molecule has 6 nitrogen and oxygen atoms in total. The zero-order valence-corrected chi connectivity index (χ0v) is 20.6. The molecule has 0 aliphatic carbocycles.